The van der Waals surface area contributed by atoms with Crippen molar-refractivity contribution in [2.45, 2.75) is 56.9 Å². The second-order valence-electron chi connectivity index (χ2n) is 10.8. The van der Waals surface area contributed by atoms with Gasteiger partial charge in [-0.25, -0.2) is 9.78 Å². The first-order chi connectivity index (χ1) is 17.5. The Hall–Kier alpha value is -2.72. The number of piperidine rings is 1. The van der Waals surface area contributed by atoms with Crippen LogP contribution in [0.4, 0.5) is 10.6 Å². The number of nitrogens with one attached hydrogen (secondary N) is 2. The molecule has 0 aromatic carbocycles. The Labute approximate surface area is 213 Å². The van der Waals surface area contributed by atoms with Gasteiger partial charge in [0.15, 0.2) is 0 Å². The maximum Gasteiger partial charge on any atom is 0.344 e. The third-order valence-electron chi connectivity index (χ3n) is 8.23. The number of urea groups is 1. The van der Waals surface area contributed by atoms with Crippen LogP contribution in [-0.4, -0.2) is 95.5 Å². The molecule has 10 heteroatoms. The molecule has 1 aromatic heterocycles. The fraction of sp³-hybridized carbons (Fsp3) is 0.692. The zero-order valence-electron chi connectivity index (χ0n) is 21.2. The minimum Gasteiger partial charge on any atom is -0.354 e. The summed E-state index contributed by atoms with van der Waals surface area (Å²) < 4.78 is 0. The molecule has 4 amide bonds. The zero-order valence-corrected chi connectivity index (χ0v) is 21.2. The number of hydrogen-bond donors (Lipinski definition) is 2. The van der Waals surface area contributed by atoms with Crippen LogP contribution >= 0.6 is 0 Å². The van der Waals surface area contributed by atoms with Crippen LogP contribution in [-0.2, 0) is 9.59 Å². The van der Waals surface area contributed by atoms with E-state index in [2.05, 4.69) is 36.5 Å². The summed E-state index contributed by atoms with van der Waals surface area (Å²) in [4.78, 5) is 49.6. The molecule has 5 rings (SSSR count). The lowest BCUT2D eigenvalue weighted by molar-refractivity contribution is -0.140. The highest BCUT2D eigenvalue weighted by Crippen LogP contribution is 2.33. The maximum atomic E-state index is 12.9. The number of carbonyl (C=O) groups excluding carboxylic acids is 3. The summed E-state index contributed by atoms with van der Waals surface area (Å²) in [6, 6.07) is 5.56. The molecule has 4 heterocycles. The molecule has 1 unspecified atom stereocenters. The van der Waals surface area contributed by atoms with Crippen LogP contribution in [0.15, 0.2) is 24.4 Å². The van der Waals surface area contributed by atoms with E-state index in [0.29, 0.717) is 25.3 Å². The lowest BCUT2D eigenvalue weighted by Gasteiger charge is -2.39. The number of likely N-dealkylation sites (tertiary alicyclic amines) is 1. The van der Waals surface area contributed by atoms with Gasteiger partial charge in [-0.05, 0) is 50.3 Å². The van der Waals surface area contributed by atoms with Crippen LogP contribution in [0.3, 0.4) is 0 Å². The number of anilines is 1. The molecule has 1 saturated carbocycles. The van der Waals surface area contributed by atoms with Crippen LogP contribution in [0.2, 0.25) is 0 Å². The summed E-state index contributed by atoms with van der Waals surface area (Å²) in [5.74, 6) is 1.07. The van der Waals surface area contributed by atoms with Crippen molar-refractivity contribution in [3.8, 4) is 0 Å². The van der Waals surface area contributed by atoms with Crippen molar-refractivity contribution >= 4 is 23.7 Å². The molecule has 1 atom stereocenters. The van der Waals surface area contributed by atoms with E-state index in [9.17, 15) is 14.4 Å². The maximum absolute atomic E-state index is 12.9. The number of hydrazine groups is 1. The van der Waals surface area contributed by atoms with E-state index in [-0.39, 0.29) is 18.2 Å². The van der Waals surface area contributed by atoms with Gasteiger partial charge in [0.05, 0.1) is 0 Å². The summed E-state index contributed by atoms with van der Waals surface area (Å²) in [7, 11) is 0. The minimum atomic E-state index is -0.814. The molecule has 2 N–H and O–H groups in total. The molecule has 1 aromatic rings. The van der Waals surface area contributed by atoms with Gasteiger partial charge in [0, 0.05) is 58.4 Å². The predicted molar refractivity (Wildman–Crippen MR) is 136 cm³/mol. The monoisotopic (exact) mass is 497 g/mol. The van der Waals surface area contributed by atoms with Gasteiger partial charge in [-0.15, -0.1) is 0 Å². The number of imide groups is 1. The molecule has 0 radical (unpaired) electrons. The molecule has 4 fully saturated rings. The quantitative estimate of drug-likeness (QED) is 0.552. The number of rotatable bonds is 7. The summed E-state index contributed by atoms with van der Waals surface area (Å²) in [5, 5.41) is 3.75. The Morgan fingerprint density at radius 3 is 2.58 bits per heavy atom. The molecular weight excluding hydrogens is 458 g/mol. The molecule has 10 nitrogen and oxygen atoms in total. The standard InChI is InChI=1S/C26H39N7O3/c34-23(29-33-24(35)26(28-25(33)36)10-3-1-4-11-26)9-14-30-13-6-7-21(19-30)20-31-15-17-32(18-16-31)22-8-2-5-12-27-22/h2,5,8,12,21H,1,3-4,6-7,9-11,13-20H2,(H,28,36)(H,29,34). The first-order valence-electron chi connectivity index (χ1n) is 13.6. The van der Waals surface area contributed by atoms with E-state index in [1.807, 2.05) is 18.3 Å². The van der Waals surface area contributed by atoms with Crippen molar-refractivity contribution in [3.63, 3.8) is 0 Å². The number of aromatic nitrogens is 1. The molecule has 1 aliphatic carbocycles. The van der Waals surface area contributed by atoms with Crippen molar-refractivity contribution < 1.29 is 14.4 Å². The lowest BCUT2D eigenvalue weighted by atomic mass is 9.82. The Bertz CT molecular complexity index is 929. The van der Waals surface area contributed by atoms with Gasteiger partial charge in [-0.2, -0.15) is 5.01 Å². The first-order valence-corrected chi connectivity index (χ1v) is 13.6. The van der Waals surface area contributed by atoms with Crippen LogP contribution < -0.4 is 15.6 Å². The van der Waals surface area contributed by atoms with Gasteiger partial charge in [0.25, 0.3) is 5.91 Å². The Kier molecular flexibility index (Phi) is 7.71. The zero-order chi connectivity index (χ0) is 25.0. The van der Waals surface area contributed by atoms with Crippen molar-refractivity contribution in [1.82, 2.24) is 30.5 Å². The second kappa shape index (κ2) is 11.1. The number of hydrogen-bond acceptors (Lipinski definition) is 7. The lowest BCUT2D eigenvalue weighted by Crippen LogP contribution is -2.51. The van der Waals surface area contributed by atoms with E-state index in [4.69, 9.17) is 0 Å². The van der Waals surface area contributed by atoms with Gasteiger partial charge in [-0.1, -0.05) is 25.3 Å². The highest BCUT2D eigenvalue weighted by molar-refractivity contribution is 6.08. The smallest absolute Gasteiger partial charge is 0.344 e. The van der Waals surface area contributed by atoms with E-state index in [1.54, 1.807) is 0 Å². The number of piperazine rings is 1. The average Bonchev–Trinajstić information content (AvgIpc) is 3.12. The topological polar surface area (TPSA) is 101 Å². The van der Waals surface area contributed by atoms with E-state index in [0.717, 1.165) is 82.3 Å². The molecule has 0 bridgehead atoms. The number of pyridine rings is 1. The second-order valence-corrected chi connectivity index (χ2v) is 10.8. The van der Waals surface area contributed by atoms with Crippen molar-refractivity contribution in [2.24, 2.45) is 5.92 Å². The summed E-state index contributed by atoms with van der Waals surface area (Å²) in [6.07, 6.45) is 8.70. The number of carbonyl (C=O) groups is 3. The molecule has 3 saturated heterocycles. The number of nitrogens with zero attached hydrogens (tertiary/aromatic N) is 5. The largest absolute Gasteiger partial charge is 0.354 e. The van der Waals surface area contributed by atoms with Crippen molar-refractivity contribution in [2.75, 3.05) is 57.3 Å². The van der Waals surface area contributed by atoms with E-state index < -0.39 is 11.6 Å². The summed E-state index contributed by atoms with van der Waals surface area (Å²) in [5.41, 5.74) is 1.76. The van der Waals surface area contributed by atoms with Crippen LogP contribution in [0, 0.1) is 5.92 Å². The predicted octanol–water partition coefficient (Wildman–Crippen LogP) is 1.59. The fourth-order valence-electron chi connectivity index (χ4n) is 6.23. The molecular formula is C26H39N7O3. The normalized spacial score (nSPS) is 25.3. The Balaban J connectivity index is 1.03. The van der Waals surface area contributed by atoms with Crippen LogP contribution in [0.5, 0.6) is 0 Å². The van der Waals surface area contributed by atoms with Crippen LogP contribution in [0.25, 0.3) is 0 Å². The van der Waals surface area contributed by atoms with Gasteiger partial charge in [-0.3, -0.25) is 19.9 Å². The fourth-order valence-corrected chi connectivity index (χ4v) is 6.23. The van der Waals surface area contributed by atoms with Gasteiger partial charge in [0.1, 0.15) is 11.4 Å². The van der Waals surface area contributed by atoms with E-state index >= 15 is 0 Å². The van der Waals surface area contributed by atoms with Crippen molar-refractivity contribution in [3.05, 3.63) is 24.4 Å². The Morgan fingerprint density at radius 2 is 1.83 bits per heavy atom. The minimum absolute atomic E-state index is 0.277. The average molecular weight is 498 g/mol. The third-order valence-corrected chi connectivity index (χ3v) is 8.23. The highest BCUT2D eigenvalue weighted by atomic mass is 16.2. The molecule has 1 spiro atoms. The van der Waals surface area contributed by atoms with Gasteiger partial charge in [0.2, 0.25) is 5.91 Å². The number of amides is 4. The van der Waals surface area contributed by atoms with Crippen molar-refractivity contribution in [1.29, 1.82) is 0 Å². The molecule has 196 valence electrons. The molecule has 4 aliphatic rings. The molecule has 3 aliphatic heterocycles. The van der Waals surface area contributed by atoms with Gasteiger partial charge >= 0.3 is 6.03 Å². The highest BCUT2D eigenvalue weighted by Gasteiger charge is 2.52. The first kappa shape index (κ1) is 25.0. The molecule has 36 heavy (non-hydrogen) atoms. The summed E-state index contributed by atoms with van der Waals surface area (Å²) >= 11 is 0. The SMILES string of the molecule is O=C(CCN1CCCC(CN2CCN(c3ccccn3)CC2)C1)NN1C(=O)NC2(CCCCC2)C1=O. The van der Waals surface area contributed by atoms with Gasteiger partial charge < -0.3 is 15.1 Å². The summed E-state index contributed by atoms with van der Waals surface area (Å²) in [6.45, 7) is 7.79. The van der Waals surface area contributed by atoms with E-state index in [1.165, 1.54) is 6.42 Å². The Morgan fingerprint density at radius 1 is 1.03 bits per heavy atom. The third kappa shape index (κ3) is 5.64. The van der Waals surface area contributed by atoms with Crippen LogP contribution in [0.1, 0.15) is 51.4 Å².